The number of ether oxygens (including phenoxy) is 3. The van der Waals surface area contributed by atoms with Crippen LogP contribution in [0.3, 0.4) is 0 Å². The van der Waals surface area contributed by atoms with Crippen LogP contribution in [-0.4, -0.2) is 132 Å². The lowest BCUT2D eigenvalue weighted by Crippen LogP contribution is -2.71. The molecule has 3 unspecified atom stereocenters. The predicted molar refractivity (Wildman–Crippen MR) is 387 cm³/mol. The maximum atomic E-state index is 14.8. The topological polar surface area (TPSA) is 225 Å². The highest BCUT2D eigenvalue weighted by atomic mass is 19.4. The minimum Gasteiger partial charge on any atom is -0.472 e. The number of carbonyl (C=O) groups excluding carboxylic acids is 1. The molecular formula is C77H79F9N18O4. The number of likely N-dealkylation sites (tertiary alicyclic amines) is 2. The Bertz CT molecular complexity index is 4530. The fourth-order valence-electron chi connectivity index (χ4n) is 13.9. The van der Waals surface area contributed by atoms with Gasteiger partial charge in [-0.15, -0.1) is 30.6 Å². The molecule has 3 aromatic carbocycles. The summed E-state index contributed by atoms with van der Waals surface area (Å²) < 4.78 is 132. The Labute approximate surface area is 617 Å². The second kappa shape index (κ2) is 32.3. The van der Waals surface area contributed by atoms with Crippen LogP contribution in [0, 0.1) is 23.1 Å². The predicted octanol–water partition coefficient (Wildman–Crippen LogP) is 13.3. The number of carbonyl (C=O) groups is 1. The maximum Gasteiger partial charge on any atom is 0.433 e. The third kappa shape index (κ3) is 18.8. The first-order chi connectivity index (χ1) is 51.8. The van der Waals surface area contributed by atoms with E-state index in [-0.39, 0.29) is 54.4 Å². The van der Waals surface area contributed by atoms with Crippen molar-refractivity contribution in [3.63, 3.8) is 0 Å². The largest absolute Gasteiger partial charge is 0.472 e. The Hall–Kier alpha value is -11.5. The Morgan fingerprint density at radius 1 is 0.519 bits per heavy atom. The molecule has 564 valence electrons. The van der Waals surface area contributed by atoms with Crippen LogP contribution >= 0.6 is 0 Å². The first kappa shape index (κ1) is 74.7. The summed E-state index contributed by atoms with van der Waals surface area (Å²) in [5.74, 6) is 3.40. The van der Waals surface area contributed by atoms with Crippen LogP contribution in [0.2, 0.25) is 0 Å². The molecule has 1 aliphatic carbocycles. The molecule has 15 rings (SSSR count). The van der Waals surface area contributed by atoms with Gasteiger partial charge in [0.1, 0.15) is 60.2 Å². The molecule has 6 aromatic heterocycles. The molecule has 9 aromatic rings. The normalized spacial score (nSPS) is 18.5. The minimum atomic E-state index is -4.48. The second-order valence-corrected chi connectivity index (χ2v) is 27.8. The molecule has 31 heteroatoms. The number of hydrogen-bond acceptors (Lipinski definition) is 21. The van der Waals surface area contributed by atoms with Crippen LogP contribution in [0.15, 0.2) is 183 Å². The van der Waals surface area contributed by atoms with Gasteiger partial charge in [-0.2, -0.15) is 26.3 Å². The standard InChI is InChI=1S/C26H26F4N6O.C26H28F2N6O.C25H25F3N6O2/c1-17(2)35-13-25(14-35)15-36(16-25)21-5-3-18(9-20(21)27)10-32-23-7-8-24(34-33-23)37-12-19-4-6-22(31-11-19)26(28,29)30;1-17(2)33-14-22-11-21(33)15-34(22)20-6-3-18(4-7-20)12-30-24-9-10-25(32-31-24)35-16-19-5-8-23(26(27)28)29-13-19;1-15(35)31-24-19-12-34(13-20(19)24)18-5-2-16(3-6-18)10-30-22-8-9-23(33-32-22)36-14-17-4-7-21(29-11-17)25(26,27)28/h3-9,11H,1,10,12-16H2,2H3,(H,32,33);3-10,13,21-22,26H,1,11-12,14-16H2,2H3,(H,30,31);2-9,11,19-20,24H,10,12-14H2,1H3,(H,30,32)(H,31,35)/t;;19-,20+,24?. The number of anilines is 6. The van der Waals surface area contributed by atoms with E-state index >= 15 is 0 Å². The van der Waals surface area contributed by atoms with Crippen LogP contribution in [0.4, 0.5) is 74.0 Å². The van der Waals surface area contributed by atoms with Gasteiger partial charge in [-0.3, -0.25) is 19.7 Å². The van der Waals surface area contributed by atoms with Gasteiger partial charge in [-0.25, -0.2) is 13.2 Å². The fourth-order valence-corrected chi connectivity index (χ4v) is 13.9. The van der Waals surface area contributed by atoms with Crippen LogP contribution in [0.1, 0.15) is 84.1 Å². The van der Waals surface area contributed by atoms with E-state index < -0.39 is 30.2 Å². The van der Waals surface area contributed by atoms with Gasteiger partial charge in [0, 0.05) is 191 Å². The second-order valence-electron chi connectivity index (χ2n) is 27.8. The van der Waals surface area contributed by atoms with Gasteiger partial charge < -0.3 is 60.0 Å². The zero-order valence-corrected chi connectivity index (χ0v) is 59.3. The number of nitrogens with one attached hydrogen (secondary N) is 4. The number of aromatic nitrogens is 9. The molecule has 11 heterocycles. The van der Waals surface area contributed by atoms with Crippen LogP contribution in [0.5, 0.6) is 17.6 Å². The summed E-state index contributed by atoms with van der Waals surface area (Å²) in [7, 11) is 0. The average Bonchev–Trinajstić information content (AvgIpc) is 1.05. The van der Waals surface area contributed by atoms with Crippen LogP contribution in [0.25, 0.3) is 0 Å². The number of pyridine rings is 3. The van der Waals surface area contributed by atoms with E-state index in [1.54, 1.807) is 49.4 Å². The molecule has 5 atom stereocenters. The molecule has 6 fully saturated rings. The number of piperazine rings is 1. The number of alkyl halides is 8. The molecule has 6 aliphatic rings. The van der Waals surface area contributed by atoms with E-state index in [2.05, 4.69) is 160 Å². The van der Waals surface area contributed by atoms with Gasteiger partial charge in [0.15, 0.2) is 0 Å². The van der Waals surface area contributed by atoms with Gasteiger partial charge >= 0.3 is 12.4 Å². The molecule has 1 amide bonds. The van der Waals surface area contributed by atoms with Crippen molar-refractivity contribution in [1.82, 2.24) is 60.7 Å². The number of rotatable bonds is 25. The van der Waals surface area contributed by atoms with E-state index in [1.807, 2.05) is 19.1 Å². The monoisotopic (exact) mass is 1490 g/mol. The highest BCUT2D eigenvalue weighted by Gasteiger charge is 2.56. The number of benzene rings is 3. The Morgan fingerprint density at radius 2 is 0.981 bits per heavy atom. The van der Waals surface area contributed by atoms with E-state index in [1.165, 1.54) is 54.0 Å². The van der Waals surface area contributed by atoms with Gasteiger partial charge in [0.05, 0.1) is 5.69 Å². The molecular weight excluding hydrogens is 1410 g/mol. The molecule has 1 saturated carbocycles. The first-order valence-corrected chi connectivity index (χ1v) is 35.0. The van der Waals surface area contributed by atoms with Gasteiger partial charge in [-0.1, -0.05) is 61.7 Å². The molecule has 5 aliphatic heterocycles. The summed E-state index contributed by atoms with van der Waals surface area (Å²) in [5.41, 5.74) is 8.07. The van der Waals surface area contributed by atoms with Crippen molar-refractivity contribution in [1.29, 1.82) is 0 Å². The molecule has 5 saturated heterocycles. The third-order valence-corrected chi connectivity index (χ3v) is 19.7. The molecule has 1 spiro atoms. The number of hydrogen-bond donors (Lipinski definition) is 4. The van der Waals surface area contributed by atoms with E-state index in [9.17, 15) is 44.3 Å². The summed E-state index contributed by atoms with van der Waals surface area (Å²) in [6.45, 7) is 23.2. The highest BCUT2D eigenvalue weighted by Crippen LogP contribution is 2.47. The van der Waals surface area contributed by atoms with E-state index in [0.29, 0.717) is 95.3 Å². The number of allylic oxidation sites excluding steroid dienone is 2. The van der Waals surface area contributed by atoms with Crippen molar-refractivity contribution in [3.05, 3.63) is 239 Å². The average molecular weight is 1490 g/mol. The van der Waals surface area contributed by atoms with Crippen molar-refractivity contribution in [2.45, 2.75) is 104 Å². The fraction of sp³-hybridized carbons (Fsp3) is 0.351. The summed E-state index contributed by atoms with van der Waals surface area (Å²) in [6, 6.07) is 41.1. The molecule has 0 radical (unpaired) electrons. The lowest BCUT2D eigenvalue weighted by Gasteiger charge is -2.61. The third-order valence-electron chi connectivity index (χ3n) is 19.7. The zero-order valence-electron chi connectivity index (χ0n) is 59.3. The van der Waals surface area contributed by atoms with Crippen LogP contribution < -0.4 is 50.2 Å². The van der Waals surface area contributed by atoms with Crippen molar-refractivity contribution >= 4 is 40.4 Å². The highest BCUT2D eigenvalue weighted by molar-refractivity contribution is 5.74. The molecule has 22 nitrogen and oxygen atoms in total. The molecule has 108 heavy (non-hydrogen) atoms. The number of amides is 1. The summed E-state index contributed by atoms with van der Waals surface area (Å²) in [6.07, 6.45) is -6.71. The Kier molecular flexibility index (Phi) is 22.3. The summed E-state index contributed by atoms with van der Waals surface area (Å²) >= 11 is 0. The SMILES string of the molecule is C=C(C)N1CC2(C1)CN(c1ccc(CNc3ccc(OCc4ccc(C(F)(F)F)nc4)nn3)cc1F)C2.C=C(C)N1CC2CC1CN2c1ccc(CNc2ccc(OCc3ccc(C(F)F)nc3)nn2)cc1.CC(=O)NC1[C@H]2CN(c3ccc(CNc4ccc(OCc5ccc(C(F)(F)F)nc5)nn4)cc3)C[C@@H]12. The molecule has 4 N–H and O–H groups in total. The van der Waals surface area contributed by atoms with Crippen molar-refractivity contribution in [2.75, 3.05) is 83.0 Å². The maximum absolute atomic E-state index is 14.8. The number of fused-ring (bicyclic) bond motifs is 3. The lowest BCUT2D eigenvalue weighted by atomic mass is 9.72. The first-order valence-electron chi connectivity index (χ1n) is 35.0. The lowest BCUT2D eigenvalue weighted by molar-refractivity contribution is -0.142. The van der Waals surface area contributed by atoms with Crippen molar-refractivity contribution < 1.29 is 58.5 Å². The number of nitrogens with zero attached hydrogens (tertiary/aromatic N) is 14. The molecule has 2 bridgehead atoms. The van der Waals surface area contributed by atoms with E-state index in [4.69, 9.17) is 14.2 Å². The van der Waals surface area contributed by atoms with Crippen LogP contribution in [-0.2, 0) is 56.6 Å². The van der Waals surface area contributed by atoms with E-state index in [0.717, 1.165) is 99.3 Å². The summed E-state index contributed by atoms with van der Waals surface area (Å²) in [5, 5.41) is 36.9. The van der Waals surface area contributed by atoms with Crippen molar-refractivity contribution in [2.24, 2.45) is 17.3 Å². The van der Waals surface area contributed by atoms with Gasteiger partial charge in [0.25, 0.3) is 6.43 Å². The zero-order chi connectivity index (χ0) is 75.9. The quantitative estimate of drug-likeness (QED) is 0.0390. The Balaban J connectivity index is 0.000000143. The van der Waals surface area contributed by atoms with Crippen molar-refractivity contribution in [3.8, 4) is 17.6 Å². The van der Waals surface area contributed by atoms with Gasteiger partial charge in [-0.05, 0) is 110 Å². The number of halogens is 9. The smallest absolute Gasteiger partial charge is 0.433 e. The number of piperidine rings is 1. The Morgan fingerprint density at radius 3 is 1.37 bits per heavy atom. The minimum absolute atomic E-state index is 0.00249. The van der Waals surface area contributed by atoms with Gasteiger partial charge in [0.2, 0.25) is 23.5 Å². The summed E-state index contributed by atoms with van der Waals surface area (Å²) in [4.78, 5) is 33.4.